The molecule has 0 nitrogen and oxygen atoms in total. The van der Waals surface area contributed by atoms with Crippen LogP contribution in [0.2, 0.25) is 0 Å². The summed E-state index contributed by atoms with van der Waals surface area (Å²) in [6.07, 6.45) is 0. The fraction of sp³-hybridized carbons (Fsp3) is 0. The Labute approximate surface area is 2490 Å². The van der Waals surface area contributed by atoms with Crippen molar-refractivity contribution in [1.29, 1.82) is 0 Å². The van der Waals surface area contributed by atoms with Crippen molar-refractivity contribution in [3.8, 4) is 0 Å². The van der Waals surface area contributed by atoms with Crippen LogP contribution in [-0.2, 0) is 0 Å². The molecule has 0 amide bonds. The molecule has 0 rings (SSSR count). The van der Waals surface area contributed by atoms with Gasteiger partial charge in [-0.3, -0.25) is 0 Å². The van der Waals surface area contributed by atoms with Crippen LogP contribution in [0.5, 0.6) is 0 Å². The SMILES string of the molecule is Cl.Cl.Cl.Cl.[Cl-].[Cl-].[Cl-].[Cl-].[Cl-].[Cl-].[Cl-].[Cl-].[Cl-].[Cl-].[Cl-].[Cl-].[Cl-].[Cl-].[Cl-].[Cl-].[Cl-].[Cl-].[Cl-].[Cl-].[Cl-].[Cl-].[Cl-].[Cl-].[Cl-].[Cl-].[Cl-].[Cl-].[Cl-].[Cl-].[Cl-].[Cl-].[Cl-].[Cl-].[Cl-].[Cl-].[Cl-].[Cl-].[Cl-].[Cl-].[K+].[K+].[K+].[K+].[K+].[K+].[K+].[K+].[K+].[K+].[K+].[K+].[K+].[K+].[K+].[K+].[K+].[K+].[K+].[K+].[K+].[K+].[K+].[K+].[K+].[K+].[K+].[K+].[K+].[K+].[K+].[K+].[K+].[K+].[K+].[K+].[K+].[K+].[K+].[K+]. The summed E-state index contributed by atoms with van der Waals surface area (Å²) in [5, 5.41) is 0. The predicted octanol–water partition coefficient (Wildman–Crippen LogP) is -238. The van der Waals surface area contributed by atoms with Crippen LogP contribution in [0.4, 0.5) is 0 Å². The van der Waals surface area contributed by atoms with Gasteiger partial charge in [-0.15, -0.1) is 49.6 Å². The number of halogens is 44. The molecule has 0 spiro atoms. The molecule has 0 aromatic carbocycles. The van der Waals surface area contributed by atoms with Gasteiger partial charge in [-0.1, -0.05) is 0 Å². The normalized spacial score (nSPS) is 0. The second kappa shape index (κ2) is 676. The van der Waals surface area contributed by atoms with Crippen molar-refractivity contribution in [3.05, 3.63) is 0 Å². The Morgan fingerprint density at radius 1 is 0.0357 bits per heavy atom. The maximum Gasteiger partial charge on any atom is 1.00 e. The Balaban J connectivity index is 0. The van der Waals surface area contributed by atoms with E-state index in [9.17, 15) is 0 Å². The van der Waals surface area contributed by atoms with Crippen molar-refractivity contribution < 1.29 is 2550 Å². The fourth-order valence-corrected chi connectivity index (χ4v) is 0. The Kier molecular flexibility index (Phi) is 5550. The molecule has 0 aromatic rings. The summed E-state index contributed by atoms with van der Waals surface area (Å²) in [7, 11) is 0. The number of hydrogen-bond acceptors (Lipinski definition) is 0. The fourth-order valence-electron chi connectivity index (χ4n) is 0. The summed E-state index contributed by atoms with van der Waals surface area (Å²) in [6.45, 7) is 0. The van der Waals surface area contributed by atoms with Crippen LogP contribution in [0.3, 0.4) is 0 Å². The second-order valence-corrected chi connectivity index (χ2v) is 0. The Morgan fingerprint density at radius 2 is 0.0357 bits per heavy atom. The molecule has 0 N–H and O–H groups in total. The van der Waals surface area contributed by atoms with Gasteiger partial charge in [-0.25, -0.2) is 0 Å². The van der Waals surface area contributed by atoms with Crippen LogP contribution in [-0.4, -0.2) is 0 Å². The largest absolute Gasteiger partial charge is 1.00 e. The van der Waals surface area contributed by atoms with E-state index in [-0.39, 0.29) is 2600 Å². The minimum atomic E-state index is 0. The van der Waals surface area contributed by atoms with Gasteiger partial charge >= 0.3 is 2060 Å². The average Bonchev–Trinajstić information content (AvgIpc) is 0. The van der Waals surface area contributed by atoms with Crippen LogP contribution in [0, 0.1) is 0 Å². The minimum Gasteiger partial charge on any atom is -1.00 e. The van der Waals surface area contributed by atoms with Crippen LogP contribution in [0.15, 0.2) is 0 Å². The summed E-state index contributed by atoms with van der Waals surface area (Å²) in [4.78, 5) is 0. The van der Waals surface area contributed by atoms with E-state index in [0.29, 0.717) is 0 Å². The second-order valence-electron chi connectivity index (χ2n) is 0. The average molecular weight is 3130 g/mol. The first kappa shape index (κ1) is 689. The zero-order valence-electron chi connectivity index (χ0n) is 56.8. The Hall–Kier alpha value is 78.2. The van der Waals surface area contributed by atoms with Gasteiger partial charge in [-0.2, -0.15) is 0 Å². The van der Waals surface area contributed by atoms with Crippen molar-refractivity contribution in [2.24, 2.45) is 0 Å². The molecule has 0 radical (unpaired) electrons. The molecular weight excluding hydrogens is 3120 g/mol. The maximum absolute atomic E-state index is 0. The molecule has 0 unspecified atom stereocenters. The van der Waals surface area contributed by atoms with Crippen molar-refractivity contribution in [3.63, 3.8) is 0 Å². The van der Waals surface area contributed by atoms with Crippen LogP contribution in [0.25, 0.3) is 0 Å². The summed E-state index contributed by atoms with van der Waals surface area (Å²) < 4.78 is 0. The van der Waals surface area contributed by atoms with E-state index < -0.39 is 0 Å². The molecule has 0 bridgehead atoms. The monoisotopic (exact) mass is 3100 g/mol. The van der Waals surface area contributed by atoms with Gasteiger partial charge in [0.2, 0.25) is 0 Å². The zero-order valence-corrected chi connectivity index (χ0v) is 215. The molecule has 0 aliphatic heterocycles. The van der Waals surface area contributed by atoms with Crippen molar-refractivity contribution in [2.75, 3.05) is 0 Å². The molecule has 84 heteroatoms. The summed E-state index contributed by atoms with van der Waals surface area (Å²) in [5.41, 5.74) is 0. The third-order valence-electron chi connectivity index (χ3n) is 0. The van der Waals surface area contributed by atoms with E-state index in [1.165, 1.54) is 0 Å². The smallest absolute Gasteiger partial charge is 1.00 e. The summed E-state index contributed by atoms with van der Waals surface area (Å²) in [6, 6.07) is 0. The first-order valence-corrected chi connectivity index (χ1v) is 0. The molecule has 0 aliphatic carbocycles. The van der Waals surface area contributed by atoms with Gasteiger partial charge in [-0.05, 0) is 0 Å². The Morgan fingerprint density at radius 3 is 0.0357 bits per heavy atom. The van der Waals surface area contributed by atoms with Gasteiger partial charge in [0.05, 0.1) is 0 Å². The zero-order chi connectivity index (χ0) is 0. The van der Waals surface area contributed by atoms with E-state index >= 15 is 0 Å². The molecule has 0 fully saturated rings. The topological polar surface area (TPSA) is 0 Å². The van der Waals surface area contributed by atoms with E-state index in [2.05, 4.69) is 0 Å². The van der Waals surface area contributed by atoms with Crippen LogP contribution < -0.4 is 2550 Å². The molecule has 0 saturated carbocycles. The molecule has 0 aromatic heterocycles. The van der Waals surface area contributed by atoms with E-state index in [1.807, 2.05) is 0 Å². The molecular formula is H4Cl44K40. The van der Waals surface area contributed by atoms with Crippen molar-refractivity contribution >= 4 is 49.6 Å². The third kappa shape index (κ3) is 664. The summed E-state index contributed by atoms with van der Waals surface area (Å²) in [5.74, 6) is 0. The van der Waals surface area contributed by atoms with Gasteiger partial charge in [0.15, 0.2) is 0 Å². The number of rotatable bonds is 0. The van der Waals surface area contributed by atoms with Crippen molar-refractivity contribution in [2.45, 2.75) is 0 Å². The molecule has 0 atom stereocenters. The molecule has 84 heavy (non-hydrogen) atoms. The van der Waals surface area contributed by atoms with Gasteiger partial charge in [0, 0.05) is 0 Å². The van der Waals surface area contributed by atoms with Crippen molar-refractivity contribution in [1.82, 2.24) is 0 Å². The van der Waals surface area contributed by atoms with Gasteiger partial charge < -0.3 is 496 Å². The van der Waals surface area contributed by atoms with E-state index in [4.69, 9.17) is 0 Å². The van der Waals surface area contributed by atoms with Crippen LogP contribution >= 0.6 is 49.6 Å². The number of hydrogen-bond donors (Lipinski definition) is 0. The van der Waals surface area contributed by atoms with E-state index in [0.717, 1.165) is 0 Å². The Bertz CT molecular complexity index is 83.9. The van der Waals surface area contributed by atoms with Crippen LogP contribution in [0.1, 0.15) is 0 Å². The van der Waals surface area contributed by atoms with E-state index in [1.54, 1.807) is 0 Å². The maximum atomic E-state index is 0. The molecule has 0 heterocycles. The minimum absolute atomic E-state index is 0. The quantitative estimate of drug-likeness (QED) is 0.212. The first-order chi connectivity index (χ1) is 0. The standard InChI is InChI=1S/44ClH.40K/h44*1H;;;;;;;;;;;;;;;;;;;;;;;;;;;;;;;;;;;;;;;;/q;;;;;;;;;;;;;;;;;;;;;;;;;;;;;;;;;;;;;;;;;;;;40*+1/p-40. The van der Waals surface area contributed by atoms with Gasteiger partial charge in [0.1, 0.15) is 0 Å². The van der Waals surface area contributed by atoms with Gasteiger partial charge in [0.25, 0.3) is 0 Å². The summed E-state index contributed by atoms with van der Waals surface area (Å²) >= 11 is 0. The molecule has 0 saturated heterocycles. The molecule has 0 aliphatic rings. The first-order valence-electron chi connectivity index (χ1n) is 0. The predicted molar refractivity (Wildman–Crippen MR) is 29.0 cm³/mol. The molecule has 352 valence electrons. The third-order valence-corrected chi connectivity index (χ3v) is 0.